The molecule has 2 rings (SSSR count). The van der Waals surface area contributed by atoms with E-state index in [9.17, 15) is 9.59 Å². The summed E-state index contributed by atoms with van der Waals surface area (Å²) in [5.41, 5.74) is 1.51. The molecule has 0 radical (unpaired) electrons. The predicted molar refractivity (Wildman–Crippen MR) is 106 cm³/mol. The molecule has 0 saturated carbocycles. The highest BCUT2D eigenvalue weighted by Gasteiger charge is 2.17. The van der Waals surface area contributed by atoms with E-state index in [2.05, 4.69) is 13.8 Å². The van der Waals surface area contributed by atoms with Gasteiger partial charge in [-0.2, -0.15) is 0 Å². The number of allylic oxidation sites excluding steroid dienone is 1. The Bertz CT molecular complexity index is 772. The molecule has 0 amide bonds. The summed E-state index contributed by atoms with van der Waals surface area (Å²) in [6, 6.07) is 15.7. The van der Waals surface area contributed by atoms with Crippen LogP contribution < -0.4 is 4.74 Å². The van der Waals surface area contributed by atoms with Crippen molar-refractivity contribution < 1.29 is 19.1 Å². The van der Waals surface area contributed by atoms with Gasteiger partial charge in [0.2, 0.25) is 0 Å². The van der Waals surface area contributed by atoms with Gasteiger partial charge in [-0.15, -0.1) is 0 Å². The van der Waals surface area contributed by atoms with E-state index in [-0.39, 0.29) is 18.3 Å². The van der Waals surface area contributed by atoms with Gasteiger partial charge in [0.25, 0.3) is 0 Å². The van der Waals surface area contributed by atoms with Crippen molar-refractivity contribution in [3.8, 4) is 5.75 Å². The third-order valence-electron chi connectivity index (χ3n) is 4.50. The summed E-state index contributed by atoms with van der Waals surface area (Å²) in [6.07, 6.45) is 3.77. The van der Waals surface area contributed by atoms with Gasteiger partial charge in [-0.05, 0) is 55.2 Å². The van der Waals surface area contributed by atoms with E-state index in [1.165, 1.54) is 0 Å². The summed E-state index contributed by atoms with van der Waals surface area (Å²) in [7, 11) is 1.58. The van der Waals surface area contributed by atoms with E-state index in [0.717, 1.165) is 12.8 Å². The molecule has 0 aliphatic rings. The molecule has 0 unspecified atom stereocenters. The van der Waals surface area contributed by atoms with Gasteiger partial charge in [-0.25, -0.2) is 4.79 Å². The average molecular weight is 366 g/mol. The summed E-state index contributed by atoms with van der Waals surface area (Å²) in [5.74, 6) is 0.379. The lowest BCUT2D eigenvalue weighted by atomic mass is 9.96. The molecule has 0 saturated heterocycles. The predicted octanol–water partition coefficient (Wildman–Crippen LogP) is 5.10. The molecule has 2 aromatic rings. The first-order chi connectivity index (χ1) is 13.1. The maximum absolute atomic E-state index is 13.0. The number of methoxy groups -OCH3 is 1. The number of Topliss-reactive ketones (excluding diaryl/α,β-unsaturated/α-hetero) is 1. The lowest BCUT2D eigenvalue weighted by molar-refractivity contribution is 0.0536. The standard InChI is InChI=1S/C23H26O4/c1-4-17(5-2)15-20(16-27-23(25)19-9-7-6-8-10-19)22(24)18-11-13-21(26-3)14-12-18/h6-15,17H,4-5,16H2,1-3H3/b20-15+. The van der Waals surface area contributed by atoms with Gasteiger partial charge in [0, 0.05) is 11.1 Å². The van der Waals surface area contributed by atoms with Gasteiger partial charge in [-0.3, -0.25) is 4.79 Å². The molecule has 0 atom stereocenters. The quantitative estimate of drug-likeness (QED) is 0.352. The number of rotatable bonds is 9. The molecule has 0 aliphatic heterocycles. The van der Waals surface area contributed by atoms with Crippen molar-refractivity contribution >= 4 is 11.8 Å². The Kier molecular flexibility index (Phi) is 7.80. The van der Waals surface area contributed by atoms with Crippen LogP contribution in [0.1, 0.15) is 47.4 Å². The van der Waals surface area contributed by atoms with Crippen LogP contribution in [0.2, 0.25) is 0 Å². The SMILES string of the molecule is CCC(/C=C(\COC(=O)c1ccccc1)C(=O)c1ccc(OC)cc1)CC. The van der Waals surface area contributed by atoms with Crippen LogP contribution >= 0.6 is 0 Å². The topological polar surface area (TPSA) is 52.6 Å². The van der Waals surface area contributed by atoms with Crippen LogP contribution in [-0.4, -0.2) is 25.5 Å². The summed E-state index contributed by atoms with van der Waals surface area (Å²) in [6.45, 7) is 4.11. The van der Waals surface area contributed by atoms with Crippen molar-refractivity contribution in [1.29, 1.82) is 0 Å². The normalized spacial score (nSPS) is 11.3. The van der Waals surface area contributed by atoms with Crippen LogP contribution in [0.25, 0.3) is 0 Å². The smallest absolute Gasteiger partial charge is 0.338 e. The number of ether oxygens (including phenoxy) is 2. The van der Waals surface area contributed by atoms with Crippen molar-refractivity contribution in [2.24, 2.45) is 5.92 Å². The number of carbonyl (C=O) groups is 2. The summed E-state index contributed by atoms with van der Waals surface area (Å²) in [4.78, 5) is 25.2. The Morgan fingerprint density at radius 3 is 2.11 bits per heavy atom. The van der Waals surface area contributed by atoms with Gasteiger partial charge >= 0.3 is 5.97 Å². The van der Waals surface area contributed by atoms with Gasteiger partial charge < -0.3 is 9.47 Å². The highest BCUT2D eigenvalue weighted by Crippen LogP contribution is 2.19. The van der Waals surface area contributed by atoms with Crippen LogP contribution in [0, 0.1) is 5.92 Å². The monoisotopic (exact) mass is 366 g/mol. The summed E-state index contributed by atoms with van der Waals surface area (Å²) >= 11 is 0. The van der Waals surface area contributed by atoms with Gasteiger partial charge in [-0.1, -0.05) is 38.1 Å². The Morgan fingerprint density at radius 2 is 1.56 bits per heavy atom. The van der Waals surface area contributed by atoms with Crippen LogP contribution in [-0.2, 0) is 4.74 Å². The van der Waals surface area contributed by atoms with Gasteiger partial charge in [0.15, 0.2) is 5.78 Å². The van der Waals surface area contributed by atoms with Crippen molar-refractivity contribution in [1.82, 2.24) is 0 Å². The fourth-order valence-electron chi connectivity index (χ4n) is 2.73. The molecular weight excluding hydrogens is 340 g/mol. The van der Waals surface area contributed by atoms with E-state index in [4.69, 9.17) is 9.47 Å². The van der Waals surface area contributed by atoms with E-state index in [1.54, 1.807) is 55.6 Å². The Morgan fingerprint density at radius 1 is 0.926 bits per heavy atom. The minimum Gasteiger partial charge on any atom is -0.497 e. The lowest BCUT2D eigenvalue weighted by Gasteiger charge is -2.13. The third kappa shape index (κ3) is 5.81. The van der Waals surface area contributed by atoms with Crippen molar-refractivity contribution in [2.75, 3.05) is 13.7 Å². The van der Waals surface area contributed by atoms with Gasteiger partial charge in [0.1, 0.15) is 12.4 Å². The fraction of sp³-hybridized carbons (Fsp3) is 0.304. The highest BCUT2D eigenvalue weighted by atomic mass is 16.5. The second-order valence-corrected chi connectivity index (χ2v) is 6.27. The molecule has 4 nitrogen and oxygen atoms in total. The number of carbonyl (C=O) groups excluding carboxylic acids is 2. The molecule has 27 heavy (non-hydrogen) atoms. The van der Waals surface area contributed by atoms with Crippen LogP contribution in [0.4, 0.5) is 0 Å². The molecule has 0 N–H and O–H groups in total. The van der Waals surface area contributed by atoms with E-state index >= 15 is 0 Å². The number of ketones is 1. The Hall–Kier alpha value is -2.88. The van der Waals surface area contributed by atoms with E-state index in [1.807, 2.05) is 12.1 Å². The number of esters is 1. The molecule has 0 aromatic heterocycles. The maximum atomic E-state index is 13.0. The number of hydrogen-bond acceptors (Lipinski definition) is 4. The second kappa shape index (κ2) is 10.3. The molecule has 4 heteroatoms. The molecule has 0 heterocycles. The Labute approximate surface area is 160 Å². The molecule has 142 valence electrons. The molecule has 0 bridgehead atoms. The fourth-order valence-corrected chi connectivity index (χ4v) is 2.73. The first-order valence-corrected chi connectivity index (χ1v) is 9.20. The second-order valence-electron chi connectivity index (χ2n) is 6.27. The first kappa shape index (κ1) is 20.4. The van der Waals surface area contributed by atoms with E-state index < -0.39 is 5.97 Å². The van der Waals surface area contributed by atoms with Crippen LogP contribution in [0.3, 0.4) is 0 Å². The lowest BCUT2D eigenvalue weighted by Crippen LogP contribution is -2.15. The van der Waals surface area contributed by atoms with Crippen LogP contribution in [0.15, 0.2) is 66.2 Å². The van der Waals surface area contributed by atoms with Crippen molar-refractivity contribution in [3.63, 3.8) is 0 Å². The summed E-state index contributed by atoms with van der Waals surface area (Å²) in [5, 5.41) is 0. The molecule has 2 aromatic carbocycles. The van der Waals surface area contributed by atoms with Crippen molar-refractivity contribution in [2.45, 2.75) is 26.7 Å². The average Bonchev–Trinajstić information content (AvgIpc) is 2.74. The van der Waals surface area contributed by atoms with Crippen molar-refractivity contribution in [3.05, 3.63) is 77.4 Å². The number of hydrogen-bond donors (Lipinski definition) is 0. The number of benzene rings is 2. The largest absolute Gasteiger partial charge is 0.497 e. The first-order valence-electron chi connectivity index (χ1n) is 9.20. The van der Waals surface area contributed by atoms with E-state index in [0.29, 0.717) is 22.4 Å². The zero-order chi connectivity index (χ0) is 19.6. The minimum absolute atomic E-state index is 0.0465. The minimum atomic E-state index is -0.437. The summed E-state index contributed by atoms with van der Waals surface area (Å²) < 4.78 is 10.6. The Balaban J connectivity index is 2.19. The molecule has 0 spiro atoms. The molecular formula is C23H26O4. The maximum Gasteiger partial charge on any atom is 0.338 e. The molecule has 0 aliphatic carbocycles. The zero-order valence-corrected chi connectivity index (χ0v) is 16.1. The van der Waals surface area contributed by atoms with Crippen LogP contribution in [0.5, 0.6) is 5.75 Å². The highest BCUT2D eigenvalue weighted by molar-refractivity contribution is 6.09. The van der Waals surface area contributed by atoms with Gasteiger partial charge in [0.05, 0.1) is 12.7 Å². The molecule has 0 fully saturated rings. The third-order valence-corrected chi connectivity index (χ3v) is 4.50. The zero-order valence-electron chi connectivity index (χ0n) is 16.1.